The number of rotatable bonds is 58. The molecule has 5 aliphatic rings. The Bertz CT molecular complexity index is 2900. The van der Waals surface area contributed by atoms with Gasteiger partial charge >= 0.3 is 11.9 Å². The molecule has 0 bridgehead atoms. The fourth-order valence-electron chi connectivity index (χ4n) is 15.8. The predicted octanol–water partition coefficient (Wildman–Crippen LogP) is -0.913. The van der Waals surface area contributed by atoms with Crippen LogP contribution in [0.2, 0.25) is 0 Å². The molecule has 0 saturated carbocycles. The Morgan fingerprint density at radius 1 is 0.458 bits per heavy atom. The number of ether oxygens (including phenoxy) is 10. The van der Waals surface area contributed by atoms with Gasteiger partial charge in [-0.25, -0.2) is 9.59 Å². The number of carbonyl (C=O) groups excluding carboxylic acids is 4. The molecule has 0 aromatic heterocycles. The van der Waals surface area contributed by atoms with Crippen LogP contribution in [0.3, 0.4) is 0 Å². The van der Waals surface area contributed by atoms with Crippen molar-refractivity contribution in [1.29, 1.82) is 0 Å². The second-order valence-corrected chi connectivity index (χ2v) is 32.1. The van der Waals surface area contributed by atoms with Crippen LogP contribution in [0, 0.1) is 0 Å². The van der Waals surface area contributed by atoms with Crippen LogP contribution in [0.1, 0.15) is 240 Å². The maximum absolute atomic E-state index is 14.2. The molecule has 38 nitrogen and oxygen atoms in total. The highest BCUT2D eigenvalue weighted by atomic mass is 16.8. The zero-order valence-electron chi connectivity index (χ0n) is 69.2. The minimum Gasteiger partial charge on any atom is -0.477 e. The molecule has 5 rings (SSSR count). The molecular formula is C80H142N4O34. The third-order valence-corrected chi connectivity index (χ3v) is 22.5. The average Bonchev–Trinajstić information content (AvgIpc) is 0.755. The van der Waals surface area contributed by atoms with E-state index in [1.807, 2.05) is 0 Å². The summed E-state index contributed by atoms with van der Waals surface area (Å²) in [5.74, 6) is -14.6. The summed E-state index contributed by atoms with van der Waals surface area (Å²) >= 11 is 0. The van der Waals surface area contributed by atoms with Crippen molar-refractivity contribution < 1.29 is 168 Å². The minimum absolute atomic E-state index is 0.113. The van der Waals surface area contributed by atoms with E-state index in [1.165, 1.54) is 115 Å². The molecule has 2 unspecified atom stereocenters. The third-order valence-electron chi connectivity index (χ3n) is 22.5. The maximum atomic E-state index is 14.2. The van der Waals surface area contributed by atoms with E-state index < -0.39 is 265 Å². The second-order valence-electron chi connectivity index (χ2n) is 32.1. The molecule has 5 aliphatic heterocycles. The van der Waals surface area contributed by atoms with E-state index in [-0.39, 0.29) is 6.42 Å². The van der Waals surface area contributed by atoms with Crippen molar-refractivity contribution in [3.63, 3.8) is 0 Å². The van der Waals surface area contributed by atoms with Gasteiger partial charge in [0.05, 0.1) is 76.1 Å². The number of hydrogen-bond acceptors (Lipinski definition) is 32. The molecule has 4 amide bonds. The first-order valence-corrected chi connectivity index (χ1v) is 42.7. The van der Waals surface area contributed by atoms with Gasteiger partial charge in [-0.15, -0.1) is 0 Å². The molecule has 38 heteroatoms. The lowest BCUT2D eigenvalue weighted by Crippen LogP contribution is -2.72. The molecule has 0 radical (unpaired) electrons. The highest BCUT2D eigenvalue weighted by molar-refractivity contribution is 5.78. The molecule has 0 aromatic rings. The highest BCUT2D eigenvalue weighted by Gasteiger charge is 2.64. The van der Waals surface area contributed by atoms with Crippen LogP contribution in [0.15, 0.2) is 12.2 Å². The molecule has 5 heterocycles. The van der Waals surface area contributed by atoms with Crippen LogP contribution in [0.25, 0.3) is 0 Å². The van der Waals surface area contributed by atoms with Crippen molar-refractivity contribution in [2.45, 2.75) is 417 Å². The van der Waals surface area contributed by atoms with Crippen molar-refractivity contribution in [2.75, 3.05) is 39.6 Å². The van der Waals surface area contributed by atoms with E-state index in [0.717, 1.165) is 85.0 Å². The predicted molar refractivity (Wildman–Crippen MR) is 416 cm³/mol. The SMILES string of the molecule is CCCCCCCCCCCCCC=C[C@@H](O)[C@H](CO[C@@H]1O[C@H](CO)[C@@H](O[C@@H]2O[C@H](CO)[C@H](O[C@@H]3O[C@H](CO)[C@H](O)[C@H](O)[C@H]3NC(C)=O)[C@H](O[C@]3(C(=O)O)C[C@H](O)[C@@H](NC(C)=O)C([C@H](O)[C@@H](CO)O[C@]4(C(=O)O)C[C@H](O)[C@@H](NC(C)=O)C([C@H](O)[C@H](O)CO)O4)O3)[C@H]2O)[C@H](O)[C@H]1O)NC(=O)CCCCCCCCCCCCCCCCCCC. The van der Waals surface area contributed by atoms with Gasteiger partial charge in [-0.1, -0.05) is 193 Å². The molecule has 686 valence electrons. The standard InChI is InChI=1S/C80H142N4O34/c1-6-8-10-12-14-16-18-20-21-22-23-25-27-29-31-33-35-37-58(97)84-49(50(93)36-34-32-30-28-26-24-19-17-15-13-11-9-7-2)45-109-75-67(103)66(102)69(56(43-88)111-75)113-76-68(104)73(70(57(44-89)112-76)114-74-61(83-48(5)92)65(101)63(99)54(41-86)110-74)118-80(78(107)108)39-52(95)60(82-47(4)91)72(117-80)64(100)55(42-87)115-79(77(105)106)38-51(94)59(81-46(3)90)71(116-79)62(98)53(96)40-85/h34,36,49-57,59-76,85-89,93-96,98-104H,6-33,35,37-45H2,1-5H3,(H,81,90)(H,82,91)(H,83,92)(H,84,97)(H,105,106)(H,107,108)/t49-,50+,51-,52-,53+,54+,55+,56+,57+,59+,60+,61+,62+,63-,64+,65+,66+,67+,68+,69+,70-,71?,72?,73+,74-,75+,76-,79+,80-/m0/s1. The maximum Gasteiger partial charge on any atom is 0.364 e. The van der Waals surface area contributed by atoms with Gasteiger partial charge < -0.3 is 161 Å². The Balaban J connectivity index is 1.42. The molecule has 0 spiro atoms. The Morgan fingerprint density at radius 3 is 1.35 bits per heavy atom. The lowest BCUT2D eigenvalue weighted by Gasteiger charge is -2.52. The van der Waals surface area contributed by atoms with Gasteiger partial charge in [0.15, 0.2) is 18.9 Å². The largest absolute Gasteiger partial charge is 0.477 e. The fraction of sp³-hybridized carbons (Fsp3) is 0.900. The van der Waals surface area contributed by atoms with Crippen LogP contribution >= 0.6 is 0 Å². The van der Waals surface area contributed by atoms with Gasteiger partial charge in [-0.2, -0.15) is 0 Å². The van der Waals surface area contributed by atoms with E-state index in [9.17, 15) is 121 Å². The molecule has 5 saturated heterocycles. The summed E-state index contributed by atoms with van der Waals surface area (Å²) in [6.45, 7) is 0.534. The van der Waals surface area contributed by atoms with E-state index in [2.05, 4.69) is 35.1 Å². The van der Waals surface area contributed by atoms with Gasteiger partial charge in [-0.3, -0.25) is 19.2 Å². The van der Waals surface area contributed by atoms with Gasteiger partial charge in [0, 0.05) is 40.0 Å². The minimum atomic E-state index is -3.59. The zero-order valence-corrected chi connectivity index (χ0v) is 69.2. The Kier molecular flexibility index (Phi) is 47.9. The average molecular weight is 1700 g/mol. The number of aliphatic carboxylic acids is 2. The first-order chi connectivity index (χ1) is 56.3. The van der Waals surface area contributed by atoms with E-state index >= 15 is 0 Å². The summed E-state index contributed by atoms with van der Waals surface area (Å²) in [6, 6.07) is -6.82. The number of allylic oxidation sites excluding steroid dienone is 1. The van der Waals surface area contributed by atoms with Crippen molar-refractivity contribution >= 4 is 35.6 Å². The quantitative estimate of drug-likeness (QED) is 0.0259. The normalized spacial score (nSPS) is 32.9. The molecule has 0 aliphatic carbocycles. The number of carboxylic acids is 2. The number of aliphatic hydroxyl groups is 16. The number of aliphatic hydroxyl groups excluding tert-OH is 16. The van der Waals surface area contributed by atoms with E-state index in [0.29, 0.717) is 12.8 Å². The van der Waals surface area contributed by atoms with Gasteiger partial charge in [0.1, 0.15) is 110 Å². The zero-order chi connectivity index (χ0) is 87.2. The first kappa shape index (κ1) is 104. The number of amides is 4. The molecule has 0 aromatic carbocycles. The van der Waals surface area contributed by atoms with Gasteiger partial charge in [0.2, 0.25) is 23.6 Å². The summed E-state index contributed by atoms with van der Waals surface area (Å²) < 4.78 is 59.9. The second kappa shape index (κ2) is 54.3. The van der Waals surface area contributed by atoms with Crippen molar-refractivity contribution in [3.8, 4) is 0 Å². The molecule has 118 heavy (non-hydrogen) atoms. The third kappa shape index (κ3) is 31.9. The van der Waals surface area contributed by atoms with Crippen molar-refractivity contribution in [1.82, 2.24) is 21.3 Å². The van der Waals surface area contributed by atoms with Crippen molar-refractivity contribution in [2.24, 2.45) is 0 Å². The van der Waals surface area contributed by atoms with Crippen molar-refractivity contribution in [3.05, 3.63) is 12.2 Å². The van der Waals surface area contributed by atoms with Crippen LogP contribution in [0.5, 0.6) is 0 Å². The smallest absolute Gasteiger partial charge is 0.364 e. The summed E-state index contributed by atoms with van der Waals surface area (Å²) in [5.41, 5.74) is 0. The van der Waals surface area contributed by atoms with Crippen LogP contribution in [-0.2, 0) is 76.1 Å². The first-order valence-electron chi connectivity index (χ1n) is 42.7. The molecule has 5 fully saturated rings. The summed E-state index contributed by atoms with van der Waals surface area (Å²) in [5, 5.41) is 213. The lowest BCUT2D eigenvalue weighted by atomic mass is 9.87. The van der Waals surface area contributed by atoms with Crippen LogP contribution in [-0.4, -0.2) is 344 Å². The monoisotopic (exact) mass is 1700 g/mol. The van der Waals surface area contributed by atoms with Crippen LogP contribution in [0.4, 0.5) is 0 Å². The highest BCUT2D eigenvalue weighted by Crippen LogP contribution is 2.42. The Labute approximate surface area is 690 Å². The van der Waals surface area contributed by atoms with Gasteiger partial charge in [-0.05, 0) is 19.3 Å². The number of hydrogen-bond donors (Lipinski definition) is 22. The number of unbranched alkanes of at least 4 members (excludes halogenated alkanes) is 27. The lowest BCUT2D eigenvalue weighted by molar-refractivity contribution is -0.402. The van der Waals surface area contributed by atoms with Gasteiger partial charge in [0.25, 0.3) is 11.6 Å². The Hall–Kier alpha value is -4.48. The number of carbonyl (C=O) groups is 6. The topological polar surface area (TPSA) is 607 Å². The molecule has 22 N–H and O–H groups in total. The Morgan fingerprint density at radius 2 is 0.881 bits per heavy atom. The van der Waals surface area contributed by atoms with E-state index in [4.69, 9.17) is 47.4 Å². The number of carboxylic acid groups (broad SMARTS) is 2. The molecule has 29 atom stereocenters. The number of nitrogens with one attached hydrogen (secondary N) is 4. The van der Waals surface area contributed by atoms with E-state index in [1.54, 1.807) is 6.08 Å². The fourth-order valence-corrected chi connectivity index (χ4v) is 15.8. The van der Waals surface area contributed by atoms with Crippen LogP contribution < -0.4 is 21.3 Å². The summed E-state index contributed by atoms with van der Waals surface area (Å²) in [6.07, 6.45) is -16.7. The molecular weight excluding hydrogens is 1560 g/mol. The summed E-state index contributed by atoms with van der Waals surface area (Å²) in [4.78, 5) is 79.1. The summed E-state index contributed by atoms with van der Waals surface area (Å²) in [7, 11) is 0.